The fraction of sp³-hybridized carbons (Fsp3) is 0.882. The van der Waals surface area contributed by atoms with Gasteiger partial charge in [0.25, 0.3) is 0 Å². The van der Waals surface area contributed by atoms with Crippen LogP contribution in [-0.2, 0) is 4.74 Å². The Morgan fingerprint density at radius 2 is 2.04 bits per heavy atom. The molecule has 1 atom stereocenters. The number of aliphatic imine (C=N–C) groups is 1. The fourth-order valence-corrected chi connectivity index (χ4v) is 2.73. The predicted molar refractivity (Wildman–Crippen MR) is 92.7 cm³/mol. The van der Waals surface area contributed by atoms with Crippen molar-refractivity contribution in [2.45, 2.75) is 65.0 Å². The van der Waals surface area contributed by atoms with E-state index in [0.29, 0.717) is 0 Å². The topological polar surface area (TPSA) is 66.0 Å². The highest BCUT2D eigenvalue weighted by Gasteiger charge is 2.28. The predicted octanol–water partition coefficient (Wildman–Crippen LogP) is 2.35. The van der Waals surface area contributed by atoms with Crippen molar-refractivity contribution in [3.8, 4) is 0 Å². The van der Waals surface area contributed by atoms with Gasteiger partial charge in [0, 0.05) is 26.2 Å². The fourth-order valence-electron chi connectivity index (χ4n) is 2.73. The number of carbonyl (C=O) groups excluding carboxylic acids is 1. The molecule has 0 bridgehead atoms. The molecule has 2 N–H and O–H groups in total. The van der Waals surface area contributed by atoms with E-state index in [-0.39, 0.29) is 12.1 Å². The molecular formula is C17H32N4O2. The van der Waals surface area contributed by atoms with E-state index >= 15 is 0 Å². The molecule has 0 radical (unpaired) electrons. The molecule has 23 heavy (non-hydrogen) atoms. The summed E-state index contributed by atoms with van der Waals surface area (Å²) < 4.78 is 5.33. The average Bonchev–Trinajstić information content (AvgIpc) is 3.14. The van der Waals surface area contributed by atoms with E-state index in [0.717, 1.165) is 44.5 Å². The Morgan fingerprint density at radius 1 is 1.30 bits per heavy atom. The van der Waals surface area contributed by atoms with Gasteiger partial charge in [0.05, 0.1) is 6.04 Å². The number of guanidine groups is 1. The van der Waals surface area contributed by atoms with E-state index in [2.05, 4.69) is 22.5 Å². The number of hydrogen-bond donors (Lipinski definition) is 2. The molecule has 1 aliphatic heterocycles. The van der Waals surface area contributed by atoms with Crippen LogP contribution in [0.2, 0.25) is 0 Å². The number of nitrogens with one attached hydrogen (secondary N) is 2. The summed E-state index contributed by atoms with van der Waals surface area (Å²) in [6, 6.07) is 0.122. The molecule has 2 fully saturated rings. The van der Waals surface area contributed by atoms with Crippen LogP contribution in [0, 0.1) is 5.92 Å². The number of hydrogen-bond acceptors (Lipinski definition) is 3. The molecule has 2 aliphatic rings. The minimum atomic E-state index is -0.457. The molecule has 1 aliphatic carbocycles. The number of carbonyl (C=O) groups is 1. The highest BCUT2D eigenvalue weighted by Crippen LogP contribution is 2.32. The minimum absolute atomic E-state index is 0.122. The van der Waals surface area contributed by atoms with Crippen molar-refractivity contribution in [2.24, 2.45) is 10.9 Å². The van der Waals surface area contributed by atoms with Crippen molar-refractivity contribution in [3.63, 3.8) is 0 Å². The summed E-state index contributed by atoms with van der Waals surface area (Å²) >= 11 is 0. The van der Waals surface area contributed by atoms with Crippen LogP contribution >= 0.6 is 0 Å². The third-order valence-electron chi connectivity index (χ3n) is 4.04. The Hall–Kier alpha value is -1.46. The largest absolute Gasteiger partial charge is 0.444 e. The summed E-state index contributed by atoms with van der Waals surface area (Å²) in [7, 11) is 0. The molecule has 2 rings (SSSR count). The second-order valence-corrected chi connectivity index (χ2v) is 7.55. The second-order valence-electron chi connectivity index (χ2n) is 7.55. The zero-order valence-electron chi connectivity index (χ0n) is 15.0. The van der Waals surface area contributed by atoms with Gasteiger partial charge in [-0.25, -0.2) is 4.79 Å². The van der Waals surface area contributed by atoms with Crippen molar-refractivity contribution in [2.75, 3.05) is 26.2 Å². The Labute approximate surface area is 140 Å². The first-order chi connectivity index (χ1) is 10.9. The number of likely N-dealkylation sites (tertiary alicyclic amines) is 1. The smallest absolute Gasteiger partial charge is 0.407 e. The molecule has 6 heteroatoms. The van der Waals surface area contributed by atoms with Gasteiger partial charge in [-0.05, 0) is 46.5 Å². The molecule has 1 unspecified atom stereocenters. The van der Waals surface area contributed by atoms with Gasteiger partial charge in [-0.2, -0.15) is 0 Å². The minimum Gasteiger partial charge on any atom is -0.444 e. The Kier molecular flexibility index (Phi) is 6.13. The van der Waals surface area contributed by atoms with Gasteiger partial charge < -0.3 is 20.3 Å². The van der Waals surface area contributed by atoms with Crippen LogP contribution in [0.4, 0.5) is 4.79 Å². The number of nitrogens with zero attached hydrogens (tertiary/aromatic N) is 2. The third kappa shape index (κ3) is 6.67. The molecule has 6 nitrogen and oxygen atoms in total. The maximum absolute atomic E-state index is 11.9. The molecule has 1 amide bonds. The maximum Gasteiger partial charge on any atom is 0.407 e. The lowest BCUT2D eigenvalue weighted by atomic mass is 10.2. The van der Waals surface area contributed by atoms with E-state index < -0.39 is 5.60 Å². The first kappa shape index (κ1) is 17.9. The number of alkyl carbamates (subject to hydrolysis) is 1. The van der Waals surface area contributed by atoms with E-state index in [1.165, 1.54) is 19.3 Å². The van der Waals surface area contributed by atoms with Gasteiger partial charge >= 0.3 is 6.09 Å². The van der Waals surface area contributed by atoms with Crippen LogP contribution < -0.4 is 10.6 Å². The third-order valence-corrected chi connectivity index (χ3v) is 4.04. The zero-order chi connectivity index (χ0) is 16.9. The molecule has 0 aromatic carbocycles. The standard InChI is InChI=1S/C17H32N4O2/c1-5-18-15(19-10-8-13-6-7-13)21-11-9-14(12-21)20-16(22)23-17(2,3)4/h13-14H,5-12H2,1-4H3,(H,18,19)(H,20,22). The van der Waals surface area contributed by atoms with Gasteiger partial charge in [0.1, 0.15) is 5.60 Å². The Balaban J connectivity index is 1.79. The lowest BCUT2D eigenvalue weighted by molar-refractivity contribution is 0.0507. The maximum atomic E-state index is 11.9. The molecule has 0 spiro atoms. The summed E-state index contributed by atoms with van der Waals surface area (Å²) in [4.78, 5) is 18.8. The van der Waals surface area contributed by atoms with Gasteiger partial charge in [-0.15, -0.1) is 0 Å². The normalized spacial score (nSPS) is 22.2. The molecule has 0 aromatic rings. The van der Waals surface area contributed by atoms with Crippen LogP contribution in [0.15, 0.2) is 4.99 Å². The summed E-state index contributed by atoms with van der Waals surface area (Å²) in [5.41, 5.74) is -0.457. The molecule has 1 heterocycles. The van der Waals surface area contributed by atoms with Crippen LogP contribution in [0.3, 0.4) is 0 Å². The van der Waals surface area contributed by atoms with E-state index in [4.69, 9.17) is 9.73 Å². The lowest BCUT2D eigenvalue weighted by Gasteiger charge is -2.23. The SMILES string of the molecule is CCNC(=NCCC1CC1)N1CCC(NC(=O)OC(C)(C)C)C1. The van der Waals surface area contributed by atoms with Crippen molar-refractivity contribution < 1.29 is 9.53 Å². The van der Waals surface area contributed by atoms with Crippen LogP contribution in [0.25, 0.3) is 0 Å². The van der Waals surface area contributed by atoms with E-state index in [1.807, 2.05) is 20.8 Å². The number of rotatable bonds is 5. The summed E-state index contributed by atoms with van der Waals surface area (Å²) in [6.07, 6.45) is 4.53. The van der Waals surface area contributed by atoms with Gasteiger partial charge in [-0.1, -0.05) is 12.8 Å². The van der Waals surface area contributed by atoms with E-state index in [9.17, 15) is 4.79 Å². The first-order valence-corrected chi connectivity index (χ1v) is 8.90. The quantitative estimate of drug-likeness (QED) is 0.602. The number of ether oxygens (including phenoxy) is 1. The van der Waals surface area contributed by atoms with Crippen molar-refractivity contribution in [1.82, 2.24) is 15.5 Å². The molecule has 1 saturated carbocycles. The van der Waals surface area contributed by atoms with Gasteiger partial charge in [-0.3, -0.25) is 4.99 Å². The van der Waals surface area contributed by atoms with Gasteiger partial charge in [0.2, 0.25) is 0 Å². The summed E-state index contributed by atoms with van der Waals surface area (Å²) in [5.74, 6) is 1.88. The molecule has 1 saturated heterocycles. The van der Waals surface area contributed by atoms with Crippen molar-refractivity contribution >= 4 is 12.1 Å². The Morgan fingerprint density at radius 3 is 2.65 bits per heavy atom. The van der Waals surface area contributed by atoms with Gasteiger partial charge in [0.15, 0.2) is 5.96 Å². The van der Waals surface area contributed by atoms with E-state index in [1.54, 1.807) is 0 Å². The number of amides is 1. The lowest BCUT2D eigenvalue weighted by Crippen LogP contribution is -2.44. The molecule has 132 valence electrons. The summed E-state index contributed by atoms with van der Waals surface area (Å²) in [5, 5.41) is 6.32. The average molecular weight is 324 g/mol. The van der Waals surface area contributed by atoms with Crippen molar-refractivity contribution in [3.05, 3.63) is 0 Å². The second kappa shape index (κ2) is 7.88. The highest BCUT2D eigenvalue weighted by molar-refractivity contribution is 5.80. The Bertz CT molecular complexity index is 427. The summed E-state index contributed by atoms with van der Waals surface area (Å²) in [6.45, 7) is 11.2. The van der Waals surface area contributed by atoms with Crippen LogP contribution in [0.5, 0.6) is 0 Å². The molecule has 0 aromatic heterocycles. The molecular weight excluding hydrogens is 292 g/mol. The van der Waals surface area contributed by atoms with Crippen molar-refractivity contribution in [1.29, 1.82) is 0 Å². The highest BCUT2D eigenvalue weighted by atomic mass is 16.6. The van der Waals surface area contributed by atoms with Crippen LogP contribution in [-0.4, -0.2) is 54.8 Å². The monoisotopic (exact) mass is 324 g/mol. The van der Waals surface area contributed by atoms with Crippen LogP contribution in [0.1, 0.15) is 53.4 Å². The first-order valence-electron chi connectivity index (χ1n) is 8.90. The zero-order valence-corrected chi connectivity index (χ0v) is 15.0.